The molecule has 1 aliphatic rings. The Labute approximate surface area is 133 Å². The zero-order valence-corrected chi connectivity index (χ0v) is 14.1. The molecule has 0 atom stereocenters. The summed E-state index contributed by atoms with van der Waals surface area (Å²) in [4.78, 5) is 12.3. The quantitative estimate of drug-likeness (QED) is 0.678. The van der Waals surface area contributed by atoms with E-state index in [1.807, 2.05) is 30.3 Å². The average Bonchev–Trinajstić information content (AvgIpc) is 2.41. The fraction of sp³-hybridized carbons (Fsp3) is 0.526. The van der Waals surface area contributed by atoms with Crippen molar-refractivity contribution >= 4 is 5.97 Å². The number of benzene rings is 1. The summed E-state index contributed by atoms with van der Waals surface area (Å²) in [5.41, 5.74) is 1.58. The van der Waals surface area contributed by atoms with Crippen LogP contribution in [0, 0.1) is 5.92 Å². The third-order valence-electron chi connectivity index (χ3n) is 4.16. The van der Waals surface area contributed by atoms with Gasteiger partial charge in [0.05, 0.1) is 0 Å². The average molecular weight is 301 g/mol. The van der Waals surface area contributed by atoms with Crippen molar-refractivity contribution < 1.29 is 9.53 Å². The summed E-state index contributed by atoms with van der Waals surface area (Å²) in [7, 11) is 0. The van der Waals surface area contributed by atoms with Gasteiger partial charge < -0.3 is 10.1 Å². The summed E-state index contributed by atoms with van der Waals surface area (Å²) in [6, 6.07) is 9.73. The van der Waals surface area contributed by atoms with Crippen LogP contribution in [-0.2, 0) is 16.1 Å². The molecule has 2 rings (SSSR count). The zero-order valence-electron chi connectivity index (χ0n) is 14.1. The molecule has 1 N–H and O–H groups in total. The number of piperidine rings is 1. The maximum Gasteiger partial charge on any atom is 0.334 e. The number of rotatable bonds is 4. The largest absolute Gasteiger partial charge is 0.457 e. The highest BCUT2D eigenvalue weighted by Crippen LogP contribution is 2.36. The Hall–Kier alpha value is -1.61. The van der Waals surface area contributed by atoms with E-state index in [1.165, 1.54) is 0 Å². The van der Waals surface area contributed by atoms with E-state index < -0.39 is 0 Å². The smallest absolute Gasteiger partial charge is 0.334 e. The second kappa shape index (κ2) is 6.25. The van der Waals surface area contributed by atoms with Crippen LogP contribution in [0.5, 0.6) is 0 Å². The van der Waals surface area contributed by atoms with Crippen LogP contribution in [0.3, 0.4) is 0 Å². The Morgan fingerprint density at radius 3 is 2.27 bits per heavy atom. The molecular formula is C19H27NO2. The van der Waals surface area contributed by atoms with Crippen molar-refractivity contribution in [2.45, 2.75) is 58.2 Å². The number of hydrogen-bond acceptors (Lipinski definition) is 3. The third-order valence-corrected chi connectivity index (χ3v) is 4.16. The zero-order chi connectivity index (χ0) is 16.4. The van der Waals surface area contributed by atoms with Gasteiger partial charge in [0.1, 0.15) is 6.61 Å². The summed E-state index contributed by atoms with van der Waals surface area (Å²) in [6.07, 6.45) is 1.80. The highest BCUT2D eigenvalue weighted by Gasteiger charge is 2.40. The Bertz CT molecular complexity index is 530. The van der Waals surface area contributed by atoms with Crippen LogP contribution in [0.1, 0.15) is 46.1 Å². The first kappa shape index (κ1) is 16.8. The van der Waals surface area contributed by atoms with Gasteiger partial charge in [-0.2, -0.15) is 0 Å². The van der Waals surface area contributed by atoms with Gasteiger partial charge in [0, 0.05) is 16.7 Å². The molecule has 1 aliphatic heterocycles. The van der Waals surface area contributed by atoms with Crippen molar-refractivity contribution in [1.82, 2.24) is 5.32 Å². The van der Waals surface area contributed by atoms with Crippen LogP contribution in [0.4, 0.5) is 0 Å². The summed E-state index contributed by atoms with van der Waals surface area (Å²) in [6.45, 7) is 13.0. The number of carbonyl (C=O) groups excluding carboxylic acids is 1. The Morgan fingerprint density at radius 2 is 1.73 bits per heavy atom. The molecule has 0 spiro atoms. The highest BCUT2D eigenvalue weighted by atomic mass is 16.5. The molecule has 1 saturated heterocycles. The number of hydrogen-bond donors (Lipinski definition) is 1. The number of esters is 1. The van der Waals surface area contributed by atoms with Crippen molar-refractivity contribution in [3.8, 4) is 0 Å². The fourth-order valence-electron chi connectivity index (χ4n) is 3.55. The first-order chi connectivity index (χ1) is 10.2. The number of carbonyl (C=O) groups is 1. The van der Waals surface area contributed by atoms with Gasteiger partial charge >= 0.3 is 5.97 Å². The fourth-order valence-corrected chi connectivity index (χ4v) is 3.55. The minimum absolute atomic E-state index is 0.00489. The summed E-state index contributed by atoms with van der Waals surface area (Å²) in [5.74, 6) is -0.114. The highest BCUT2D eigenvalue weighted by molar-refractivity contribution is 5.88. The van der Waals surface area contributed by atoms with E-state index in [9.17, 15) is 4.79 Å². The molecule has 0 aliphatic carbocycles. The van der Waals surface area contributed by atoms with E-state index in [2.05, 4.69) is 39.6 Å². The molecule has 1 heterocycles. The first-order valence-electron chi connectivity index (χ1n) is 7.88. The van der Waals surface area contributed by atoms with Crippen LogP contribution in [-0.4, -0.2) is 17.0 Å². The van der Waals surface area contributed by atoms with Gasteiger partial charge in [-0.1, -0.05) is 36.9 Å². The second-order valence-electron chi connectivity index (χ2n) is 7.58. The van der Waals surface area contributed by atoms with Gasteiger partial charge in [-0.25, -0.2) is 4.79 Å². The number of nitrogens with one attached hydrogen (secondary N) is 1. The molecule has 0 saturated carbocycles. The molecule has 3 nitrogen and oxygen atoms in total. The van der Waals surface area contributed by atoms with Gasteiger partial charge in [0.15, 0.2) is 0 Å². The lowest BCUT2D eigenvalue weighted by Gasteiger charge is -2.46. The summed E-state index contributed by atoms with van der Waals surface area (Å²) < 4.78 is 5.42. The topological polar surface area (TPSA) is 38.3 Å². The Balaban J connectivity index is 1.96. The lowest BCUT2D eigenvalue weighted by molar-refractivity contribution is -0.141. The normalized spacial score (nSPS) is 20.4. The van der Waals surface area contributed by atoms with E-state index >= 15 is 0 Å². The lowest BCUT2D eigenvalue weighted by atomic mass is 9.73. The van der Waals surface area contributed by atoms with Crippen molar-refractivity contribution in [3.63, 3.8) is 0 Å². The molecule has 1 fully saturated rings. The molecule has 0 bridgehead atoms. The summed E-state index contributed by atoms with van der Waals surface area (Å²) in [5, 5.41) is 3.62. The minimum atomic E-state index is -0.276. The van der Waals surface area contributed by atoms with E-state index in [0.717, 1.165) is 18.4 Å². The SMILES string of the molecule is C=C(C(=O)OCc1ccccc1)C1CC(C)(C)NC(C)(C)C1. The van der Waals surface area contributed by atoms with E-state index in [4.69, 9.17) is 4.74 Å². The first-order valence-corrected chi connectivity index (χ1v) is 7.88. The molecule has 1 aromatic carbocycles. The van der Waals surface area contributed by atoms with Crippen LogP contribution in [0.2, 0.25) is 0 Å². The van der Waals surface area contributed by atoms with Crippen molar-refractivity contribution in [2.24, 2.45) is 5.92 Å². The molecule has 3 heteroatoms. The molecule has 0 radical (unpaired) electrons. The standard InChI is InChI=1S/C19H27NO2/c1-14(16-11-18(2,3)20-19(4,5)12-16)17(21)22-13-15-9-7-6-8-10-15/h6-10,16,20H,1,11-13H2,2-5H3. The monoisotopic (exact) mass is 301 g/mol. The molecule has 1 aromatic rings. The predicted octanol–water partition coefficient (Wildman–Crippen LogP) is 3.84. The predicted molar refractivity (Wildman–Crippen MR) is 89.4 cm³/mol. The second-order valence-corrected chi connectivity index (χ2v) is 7.58. The third kappa shape index (κ3) is 4.44. The van der Waals surface area contributed by atoms with Crippen molar-refractivity contribution in [2.75, 3.05) is 0 Å². The maximum atomic E-state index is 12.3. The molecule has 0 aromatic heterocycles. The van der Waals surface area contributed by atoms with Gasteiger partial charge in [0.25, 0.3) is 0 Å². The van der Waals surface area contributed by atoms with Crippen molar-refractivity contribution in [1.29, 1.82) is 0 Å². The Morgan fingerprint density at radius 1 is 1.18 bits per heavy atom. The number of ether oxygens (including phenoxy) is 1. The molecule has 120 valence electrons. The van der Waals surface area contributed by atoms with Crippen molar-refractivity contribution in [3.05, 3.63) is 48.0 Å². The Kier molecular flexibility index (Phi) is 4.76. The van der Waals surface area contributed by atoms with Crippen LogP contribution in [0.25, 0.3) is 0 Å². The molecular weight excluding hydrogens is 274 g/mol. The van der Waals surface area contributed by atoms with Gasteiger partial charge in [0.2, 0.25) is 0 Å². The van der Waals surface area contributed by atoms with Crippen LogP contribution >= 0.6 is 0 Å². The van der Waals surface area contributed by atoms with Gasteiger partial charge in [-0.15, -0.1) is 0 Å². The van der Waals surface area contributed by atoms with E-state index in [-0.39, 0.29) is 23.0 Å². The van der Waals surface area contributed by atoms with E-state index in [1.54, 1.807) is 0 Å². The van der Waals surface area contributed by atoms with Gasteiger partial charge in [-0.05, 0) is 52.0 Å². The molecule has 0 unspecified atom stereocenters. The van der Waals surface area contributed by atoms with E-state index in [0.29, 0.717) is 12.2 Å². The van der Waals surface area contributed by atoms with Crippen LogP contribution < -0.4 is 5.32 Å². The molecule has 22 heavy (non-hydrogen) atoms. The minimum Gasteiger partial charge on any atom is -0.457 e. The van der Waals surface area contributed by atoms with Crippen LogP contribution in [0.15, 0.2) is 42.5 Å². The molecule has 0 amide bonds. The lowest BCUT2D eigenvalue weighted by Crippen LogP contribution is -2.58. The van der Waals surface area contributed by atoms with Gasteiger partial charge in [-0.3, -0.25) is 0 Å². The summed E-state index contributed by atoms with van der Waals surface area (Å²) >= 11 is 0. The maximum absolute atomic E-state index is 12.3.